The van der Waals surface area contributed by atoms with Gasteiger partial charge in [0.25, 0.3) is 0 Å². The Morgan fingerprint density at radius 2 is 1.76 bits per heavy atom. The summed E-state index contributed by atoms with van der Waals surface area (Å²) in [4.78, 5) is 17.3. The van der Waals surface area contributed by atoms with Gasteiger partial charge in [0.05, 0.1) is 12.0 Å². The quantitative estimate of drug-likeness (QED) is 0.738. The highest BCUT2D eigenvalue weighted by Gasteiger charge is 2.27. The van der Waals surface area contributed by atoms with Crippen LogP contribution in [0.25, 0.3) is 0 Å². The van der Waals surface area contributed by atoms with Crippen LogP contribution in [-0.4, -0.2) is 24.1 Å². The van der Waals surface area contributed by atoms with E-state index in [0.29, 0.717) is 13.1 Å². The van der Waals surface area contributed by atoms with Crippen LogP contribution in [0.15, 0.2) is 0 Å². The summed E-state index contributed by atoms with van der Waals surface area (Å²) in [6.07, 6.45) is 7.13. The molecule has 0 bridgehead atoms. The smallest absolute Gasteiger partial charge is 0.328 e. The highest BCUT2D eigenvalue weighted by atomic mass is 16.7. The Morgan fingerprint density at radius 3 is 2.35 bits per heavy atom. The SMILES string of the molecule is N#CC1CCN(OC(=O)C2CCCCC2)CC1. The molecule has 4 heteroatoms. The molecule has 1 aliphatic heterocycles. The zero-order valence-corrected chi connectivity index (χ0v) is 10.2. The minimum absolute atomic E-state index is 0.0555. The van der Waals surface area contributed by atoms with Crippen molar-refractivity contribution in [2.75, 3.05) is 13.1 Å². The highest BCUT2D eigenvalue weighted by molar-refractivity contribution is 5.72. The van der Waals surface area contributed by atoms with Crippen LogP contribution in [-0.2, 0) is 9.63 Å². The van der Waals surface area contributed by atoms with Crippen molar-refractivity contribution in [3.8, 4) is 6.07 Å². The molecule has 0 unspecified atom stereocenters. The largest absolute Gasteiger partial charge is 0.368 e. The van der Waals surface area contributed by atoms with E-state index in [0.717, 1.165) is 38.5 Å². The van der Waals surface area contributed by atoms with Gasteiger partial charge in [-0.25, -0.2) is 0 Å². The molecule has 0 spiro atoms. The molecule has 0 radical (unpaired) electrons. The third-order valence-electron chi connectivity index (χ3n) is 3.79. The molecule has 0 atom stereocenters. The molecule has 2 fully saturated rings. The van der Waals surface area contributed by atoms with Gasteiger partial charge in [-0.05, 0) is 25.7 Å². The number of hydrogen-bond donors (Lipinski definition) is 0. The summed E-state index contributed by atoms with van der Waals surface area (Å²) in [7, 11) is 0. The van der Waals surface area contributed by atoms with Gasteiger partial charge in [0, 0.05) is 19.0 Å². The van der Waals surface area contributed by atoms with Crippen LogP contribution in [0.5, 0.6) is 0 Å². The van der Waals surface area contributed by atoms with E-state index in [1.807, 2.05) is 0 Å². The Hall–Kier alpha value is -1.08. The van der Waals surface area contributed by atoms with Crippen molar-refractivity contribution in [1.29, 1.82) is 5.26 Å². The van der Waals surface area contributed by atoms with Gasteiger partial charge >= 0.3 is 5.97 Å². The summed E-state index contributed by atoms with van der Waals surface area (Å²) in [5, 5.41) is 10.5. The second-order valence-electron chi connectivity index (χ2n) is 5.08. The maximum Gasteiger partial charge on any atom is 0.328 e. The molecule has 1 heterocycles. The summed E-state index contributed by atoms with van der Waals surface area (Å²) >= 11 is 0. The van der Waals surface area contributed by atoms with Crippen LogP contribution in [0.1, 0.15) is 44.9 Å². The van der Waals surface area contributed by atoms with Gasteiger partial charge in [-0.3, -0.25) is 4.79 Å². The summed E-state index contributed by atoms with van der Waals surface area (Å²) < 4.78 is 0. The Bertz CT molecular complexity index is 297. The Kier molecular flexibility index (Phi) is 4.38. The average Bonchev–Trinajstić information content (AvgIpc) is 2.40. The van der Waals surface area contributed by atoms with Gasteiger partial charge in [0.2, 0.25) is 0 Å². The summed E-state index contributed by atoms with van der Waals surface area (Å²) in [5.41, 5.74) is 0. The number of hydroxylamine groups is 2. The molecule has 17 heavy (non-hydrogen) atoms. The molecule has 4 nitrogen and oxygen atoms in total. The van der Waals surface area contributed by atoms with Crippen LogP contribution in [0, 0.1) is 23.2 Å². The lowest BCUT2D eigenvalue weighted by Gasteiger charge is -2.29. The Balaban J connectivity index is 1.74. The number of nitrogens with zero attached hydrogens (tertiary/aromatic N) is 2. The molecule has 0 aromatic heterocycles. The zero-order chi connectivity index (χ0) is 12.1. The third kappa shape index (κ3) is 3.44. The summed E-state index contributed by atoms with van der Waals surface area (Å²) in [6, 6.07) is 2.27. The fourth-order valence-corrected chi connectivity index (χ4v) is 2.62. The summed E-state index contributed by atoms with van der Waals surface area (Å²) in [6.45, 7) is 1.41. The van der Waals surface area contributed by atoms with E-state index in [1.54, 1.807) is 5.06 Å². The van der Waals surface area contributed by atoms with Crippen molar-refractivity contribution >= 4 is 5.97 Å². The van der Waals surface area contributed by atoms with Gasteiger partial charge in [-0.15, -0.1) is 5.06 Å². The van der Waals surface area contributed by atoms with Crippen LogP contribution >= 0.6 is 0 Å². The number of piperidine rings is 1. The number of nitriles is 1. The minimum Gasteiger partial charge on any atom is -0.368 e. The van der Waals surface area contributed by atoms with E-state index in [-0.39, 0.29) is 17.8 Å². The first-order chi connectivity index (χ1) is 8.29. The second kappa shape index (κ2) is 6.02. The Morgan fingerprint density at radius 1 is 1.12 bits per heavy atom. The van der Waals surface area contributed by atoms with Crippen molar-refractivity contribution in [3.05, 3.63) is 0 Å². The molecule has 94 valence electrons. The number of rotatable bonds is 2. The molecule has 0 aromatic carbocycles. The highest BCUT2D eigenvalue weighted by Crippen LogP contribution is 2.25. The second-order valence-corrected chi connectivity index (χ2v) is 5.08. The molecule has 2 rings (SSSR count). The average molecular weight is 236 g/mol. The van der Waals surface area contributed by atoms with Crippen molar-refractivity contribution in [1.82, 2.24) is 5.06 Å². The van der Waals surface area contributed by atoms with Crippen molar-refractivity contribution in [2.45, 2.75) is 44.9 Å². The normalized spacial score (nSPS) is 24.2. The van der Waals surface area contributed by atoms with Crippen LogP contribution in [0.4, 0.5) is 0 Å². The van der Waals surface area contributed by atoms with Gasteiger partial charge < -0.3 is 4.84 Å². The molecule has 0 amide bonds. The lowest BCUT2D eigenvalue weighted by Crippen LogP contribution is -2.37. The molecular weight excluding hydrogens is 216 g/mol. The molecule has 0 aromatic rings. The first-order valence-corrected chi connectivity index (χ1v) is 6.66. The predicted molar refractivity (Wildman–Crippen MR) is 62.6 cm³/mol. The third-order valence-corrected chi connectivity index (χ3v) is 3.79. The van der Waals surface area contributed by atoms with Crippen molar-refractivity contribution < 1.29 is 9.63 Å². The Labute approximate surface area is 102 Å². The topological polar surface area (TPSA) is 53.3 Å². The fourth-order valence-electron chi connectivity index (χ4n) is 2.62. The van der Waals surface area contributed by atoms with Crippen LogP contribution in [0.2, 0.25) is 0 Å². The molecule has 1 aliphatic carbocycles. The minimum atomic E-state index is -0.0555. The van der Waals surface area contributed by atoms with Gasteiger partial charge in [-0.2, -0.15) is 5.26 Å². The number of carbonyl (C=O) groups is 1. The van der Waals surface area contributed by atoms with Crippen LogP contribution < -0.4 is 0 Å². The first-order valence-electron chi connectivity index (χ1n) is 6.66. The van der Waals surface area contributed by atoms with E-state index in [2.05, 4.69) is 6.07 Å². The molecular formula is C13H20N2O2. The van der Waals surface area contributed by atoms with Crippen molar-refractivity contribution in [2.24, 2.45) is 11.8 Å². The molecule has 0 N–H and O–H groups in total. The lowest BCUT2D eigenvalue weighted by atomic mass is 9.89. The number of carbonyl (C=O) groups excluding carboxylic acids is 1. The maximum atomic E-state index is 11.9. The van der Waals surface area contributed by atoms with E-state index >= 15 is 0 Å². The lowest BCUT2D eigenvalue weighted by molar-refractivity contribution is -0.201. The zero-order valence-electron chi connectivity index (χ0n) is 10.2. The van der Waals surface area contributed by atoms with E-state index in [9.17, 15) is 4.79 Å². The summed E-state index contributed by atoms with van der Waals surface area (Å²) in [5.74, 6) is 0.192. The monoisotopic (exact) mass is 236 g/mol. The molecule has 2 aliphatic rings. The van der Waals surface area contributed by atoms with E-state index in [4.69, 9.17) is 10.1 Å². The number of hydrogen-bond acceptors (Lipinski definition) is 4. The standard InChI is InChI=1S/C13H20N2O2/c14-10-11-6-8-15(9-7-11)17-13(16)12-4-2-1-3-5-12/h11-12H,1-9H2. The van der Waals surface area contributed by atoms with Crippen LogP contribution in [0.3, 0.4) is 0 Å². The fraction of sp³-hybridized carbons (Fsp3) is 0.846. The van der Waals surface area contributed by atoms with E-state index < -0.39 is 0 Å². The molecule has 1 saturated carbocycles. The van der Waals surface area contributed by atoms with Crippen molar-refractivity contribution in [3.63, 3.8) is 0 Å². The maximum absolute atomic E-state index is 11.9. The first kappa shape index (κ1) is 12.4. The van der Waals surface area contributed by atoms with Gasteiger partial charge in [0.15, 0.2) is 0 Å². The molecule has 1 saturated heterocycles. The van der Waals surface area contributed by atoms with Gasteiger partial charge in [-0.1, -0.05) is 19.3 Å². The van der Waals surface area contributed by atoms with Gasteiger partial charge in [0.1, 0.15) is 0 Å². The van der Waals surface area contributed by atoms with E-state index in [1.165, 1.54) is 6.42 Å². The predicted octanol–water partition coefficient (Wildman–Crippen LogP) is 2.26.